The lowest BCUT2D eigenvalue weighted by atomic mass is 9.71. The molecule has 3 nitrogen and oxygen atoms in total. The standard InChI is InChI=1S/C17H30BrN3/c1-6-12-7-8-13(10-19-17(2,3)4)14(9-12)16-15(18)11-20-21(16)5/h11-14,19H,6-10H2,1-5H3. The molecule has 1 fully saturated rings. The number of nitrogens with zero attached hydrogens (tertiary/aromatic N) is 2. The van der Waals surface area contributed by atoms with Crippen LogP contribution in [-0.4, -0.2) is 21.9 Å². The fourth-order valence-electron chi connectivity index (χ4n) is 3.54. The number of rotatable bonds is 4. The van der Waals surface area contributed by atoms with Crippen LogP contribution in [0, 0.1) is 11.8 Å². The zero-order valence-corrected chi connectivity index (χ0v) is 15.7. The van der Waals surface area contributed by atoms with Gasteiger partial charge in [-0.3, -0.25) is 4.68 Å². The average molecular weight is 356 g/mol. The van der Waals surface area contributed by atoms with Gasteiger partial charge in [0, 0.05) is 18.5 Å². The first kappa shape index (κ1) is 17.0. The summed E-state index contributed by atoms with van der Waals surface area (Å²) in [4.78, 5) is 0. The molecule has 1 aliphatic carbocycles. The summed E-state index contributed by atoms with van der Waals surface area (Å²) in [7, 11) is 2.07. The third-order valence-corrected chi connectivity index (χ3v) is 5.47. The van der Waals surface area contributed by atoms with Gasteiger partial charge in [0.15, 0.2) is 0 Å². The fourth-order valence-corrected chi connectivity index (χ4v) is 4.19. The molecule has 0 spiro atoms. The monoisotopic (exact) mass is 355 g/mol. The van der Waals surface area contributed by atoms with Crippen LogP contribution < -0.4 is 5.32 Å². The van der Waals surface area contributed by atoms with E-state index in [2.05, 4.69) is 65.8 Å². The highest BCUT2D eigenvalue weighted by molar-refractivity contribution is 9.10. The second-order valence-corrected chi connectivity index (χ2v) is 8.44. The molecule has 1 aromatic heterocycles. The molecule has 0 bridgehead atoms. The van der Waals surface area contributed by atoms with Crippen molar-refractivity contribution in [2.45, 2.75) is 64.8 Å². The van der Waals surface area contributed by atoms with Gasteiger partial charge in [0.25, 0.3) is 0 Å². The highest BCUT2D eigenvalue weighted by Crippen LogP contribution is 2.43. The van der Waals surface area contributed by atoms with Crippen molar-refractivity contribution >= 4 is 15.9 Å². The summed E-state index contributed by atoms with van der Waals surface area (Å²) in [6.45, 7) is 10.2. The molecule has 0 radical (unpaired) electrons. The number of nitrogens with one attached hydrogen (secondary N) is 1. The van der Waals surface area contributed by atoms with Crippen LogP contribution in [0.3, 0.4) is 0 Å². The van der Waals surface area contributed by atoms with Gasteiger partial charge in [-0.2, -0.15) is 5.10 Å². The van der Waals surface area contributed by atoms with E-state index in [-0.39, 0.29) is 5.54 Å². The Balaban J connectivity index is 2.18. The summed E-state index contributed by atoms with van der Waals surface area (Å²) >= 11 is 3.71. The van der Waals surface area contributed by atoms with Crippen LogP contribution in [0.1, 0.15) is 65.0 Å². The molecule has 0 saturated heterocycles. The van der Waals surface area contributed by atoms with Crippen LogP contribution in [-0.2, 0) is 7.05 Å². The van der Waals surface area contributed by atoms with Gasteiger partial charge in [0.2, 0.25) is 0 Å². The summed E-state index contributed by atoms with van der Waals surface area (Å²) < 4.78 is 3.24. The average Bonchev–Trinajstić information content (AvgIpc) is 2.75. The van der Waals surface area contributed by atoms with Crippen molar-refractivity contribution in [3.8, 4) is 0 Å². The second kappa shape index (κ2) is 6.82. The molecule has 1 heterocycles. The van der Waals surface area contributed by atoms with Crippen molar-refractivity contribution < 1.29 is 0 Å². The third-order valence-electron chi connectivity index (χ3n) is 4.86. The number of aromatic nitrogens is 2. The van der Waals surface area contributed by atoms with Gasteiger partial charge in [-0.25, -0.2) is 0 Å². The minimum atomic E-state index is 0.190. The molecule has 120 valence electrons. The Hall–Kier alpha value is -0.350. The molecule has 3 atom stereocenters. The lowest BCUT2D eigenvalue weighted by Gasteiger charge is -2.38. The van der Waals surface area contributed by atoms with Gasteiger partial charge in [0.1, 0.15) is 0 Å². The van der Waals surface area contributed by atoms with Crippen molar-refractivity contribution in [2.75, 3.05) is 6.54 Å². The molecule has 1 saturated carbocycles. The quantitative estimate of drug-likeness (QED) is 0.862. The van der Waals surface area contributed by atoms with Crippen LogP contribution in [0.4, 0.5) is 0 Å². The van der Waals surface area contributed by atoms with E-state index in [0.717, 1.165) is 12.5 Å². The van der Waals surface area contributed by atoms with E-state index < -0.39 is 0 Å². The summed E-state index contributed by atoms with van der Waals surface area (Å²) in [6.07, 6.45) is 7.23. The summed E-state index contributed by atoms with van der Waals surface area (Å²) in [6, 6.07) is 0. The first-order valence-electron chi connectivity index (χ1n) is 8.24. The predicted molar refractivity (Wildman–Crippen MR) is 92.5 cm³/mol. The number of aryl methyl sites for hydroxylation is 1. The Labute approximate surface area is 138 Å². The topological polar surface area (TPSA) is 29.9 Å². The summed E-state index contributed by atoms with van der Waals surface area (Å²) in [5.74, 6) is 2.18. The van der Waals surface area contributed by atoms with E-state index in [1.807, 2.05) is 6.20 Å². The lowest BCUT2D eigenvalue weighted by Crippen LogP contribution is -2.42. The molecule has 1 aromatic rings. The van der Waals surface area contributed by atoms with Crippen molar-refractivity contribution in [1.82, 2.24) is 15.1 Å². The molecule has 0 aliphatic heterocycles. The number of hydrogen-bond donors (Lipinski definition) is 1. The van der Waals surface area contributed by atoms with E-state index >= 15 is 0 Å². The largest absolute Gasteiger partial charge is 0.312 e. The Bertz CT molecular complexity index is 442. The third kappa shape index (κ3) is 4.32. The molecule has 1 aliphatic rings. The maximum absolute atomic E-state index is 4.43. The van der Waals surface area contributed by atoms with Crippen molar-refractivity contribution in [3.05, 3.63) is 16.4 Å². The molecule has 4 heteroatoms. The first-order valence-corrected chi connectivity index (χ1v) is 9.03. The van der Waals surface area contributed by atoms with Crippen LogP contribution in [0.2, 0.25) is 0 Å². The minimum Gasteiger partial charge on any atom is -0.312 e. The molecule has 21 heavy (non-hydrogen) atoms. The van der Waals surface area contributed by atoms with Crippen molar-refractivity contribution in [3.63, 3.8) is 0 Å². The highest BCUT2D eigenvalue weighted by atomic mass is 79.9. The molecular formula is C17H30BrN3. The zero-order valence-electron chi connectivity index (χ0n) is 14.1. The van der Waals surface area contributed by atoms with Crippen LogP contribution in [0.15, 0.2) is 10.7 Å². The summed E-state index contributed by atoms with van der Waals surface area (Å²) in [5.41, 5.74) is 1.57. The van der Waals surface area contributed by atoms with Gasteiger partial charge < -0.3 is 5.32 Å². The second-order valence-electron chi connectivity index (χ2n) is 7.59. The van der Waals surface area contributed by atoms with Crippen molar-refractivity contribution in [2.24, 2.45) is 18.9 Å². The fraction of sp³-hybridized carbons (Fsp3) is 0.824. The smallest absolute Gasteiger partial charge is 0.0635 e. The van der Waals surface area contributed by atoms with E-state index in [1.54, 1.807) is 0 Å². The van der Waals surface area contributed by atoms with Crippen molar-refractivity contribution in [1.29, 1.82) is 0 Å². The Morgan fingerprint density at radius 2 is 2.10 bits per heavy atom. The van der Waals surface area contributed by atoms with E-state index in [0.29, 0.717) is 11.8 Å². The Morgan fingerprint density at radius 3 is 2.62 bits per heavy atom. The van der Waals surface area contributed by atoms with Gasteiger partial charge in [0.05, 0.1) is 16.4 Å². The van der Waals surface area contributed by atoms with E-state index in [1.165, 1.54) is 35.8 Å². The van der Waals surface area contributed by atoms with Gasteiger partial charge in [-0.05, 0) is 67.9 Å². The van der Waals surface area contributed by atoms with E-state index in [4.69, 9.17) is 0 Å². The molecule has 3 unspecified atom stereocenters. The van der Waals surface area contributed by atoms with Gasteiger partial charge in [-0.15, -0.1) is 0 Å². The van der Waals surface area contributed by atoms with Crippen LogP contribution in [0.25, 0.3) is 0 Å². The summed E-state index contributed by atoms with van der Waals surface area (Å²) in [5, 5.41) is 8.15. The Kier molecular flexibility index (Phi) is 5.53. The number of halogens is 1. The molecule has 0 aromatic carbocycles. The maximum atomic E-state index is 4.43. The van der Waals surface area contributed by atoms with Crippen LogP contribution in [0.5, 0.6) is 0 Å². The van der Waals surface area contributed by atoms with Gasteiger partial charge in [-0.1, -0.05) is 19.8 Å². The molecule has 2 rings (SSSR count). The predicted octanol–water partition coefficient (Wildman–Crippen LogP) is 4.48. The highest BCUT2D eigenvalue weighted by Gasteiger charge is 2.34. The molecule has 0 amide bonds. The van der Waals surface area contributed by atoms with Crippen LogP contribution >= 0.6 is 15.9 Å². The molecule has 1 N–H and O–H groups in total. The SMILES string of the molecule is CCC1CCC(CNC(C)(C)C)C(c2c(Br)cnn2C)C1. The minimum absolute atomic E-state index is 0.190. The maximum Gasteiger partial charge on any atom is 0.0635 e. The zero-order chi connectivity index (χ0) is 15.6. The lowest BCUT2D eigenvalue weighted by molar-refractivity contribution is 0.207. The van der Waals surface area contributed by atoms with Gasteiger partial charge >= 0.3 is 0 Å². The normalized spacial score (nSPS) is 27.0. The first-order chi connectivity index (χ1) is 9.81. The molecular weight excluding hydrogens is 326 g/mol. The van der Waals surface area contributed by atoms with E-state index in [9.17, 15) is 0 Å². The Morgan fingerprint density at radius 1 is 1.38 bits per heavy atom. The number of hydrogen-bond acceptors (Lipinski definition) is 2.